The summed E-state index contributed by atoms with van der Waals surface area (Å²) in [4.78, 5) is 7.33. The van der Waals surface area contributed by atoms with Gasteiger partial charge >= 0.3 is 0 Å². The number of hydrogen-bond acceptors (Lipinski definition) is 3. The highest BCUT2D eigenvalue weighted by Gasteiger charge is 1.95. The highest BCUT2D eigenvalue weighted by atomic mass is 16.5. The summed E-state index contributed by atoms with van der Waals surface area (Å²) in [5.41, 5.74) is 15.5. The summed E-state index contributed by atoms with van der Waals surface area (Å²) >= 11 is 0. The number of nitrogens with two attached hydrogens (primary N) is 3. The number of guanidine groups is 2. The van der Waals surface area contributed by atoms with Crippen molar-refractivity contribution in [3.05, 3.63) is 18.0 Å². The van der Waals surface area contributed by atoms with Gasteiger partial charge in [-0.2, -0.15) is 4.99 Å². The average Bonchev–Trinajstić information content (AvgIpc) is 2.51. The van der Waals surface area contributed by atoms with E-state index in [1.807, 2.05) is 0 Å². The van der Waals surface area contributed by atoms with E-state index in [0.717, 1.165) is 0 Å². The molecular formula is C6H10N6O. The fourth-order valence-electron chi connectivity index (χ4n) is 0.650. The summed E-state index contributed by atoms with van der Waals surface area (Å²) in [5.74, 6) is 0.476. The van der Waals surface area contributed by atoms with Crippen molar-refractivity contribution < 1.29 is 4.52 Å². The highest BCUT2D eigenvalue weighted by Crippen LogP contribution is 1.97. The van der Waals surface area contributed by atoms with Crippen LogP contribution in [0.1, 0.15) is 5.76 Å². The number of nitrogens with zero attached hydrogens (tertiary/aromatic N) is 3. The molecule has 0 bridgehead atoms. The molecule has 1 aromatic heterocycles. The third-order valence-corrected chi connectivity index (χ3v) is 1.13. The van der Waals surface area contributed by atoms with E-state index in [-0.39, 0.29) is 18.5 Å². The van der Waals surface area contributed by atoms with Crippen LogP contribution in [-0.2, 0) is 6.54 Å². The zero-order valence-corrected chi connectivity index (χ0v) is 6.84. The fraction of sp³-hybridized carbons (Fsp3) is 0.167. The molecule has 0 saturated heterocycles. The van der Waals surface area contributed by atoms with Gasteiger partial charge in [-0.25, -0.2) is 4.99 Å². The van der Waals surface area contributed by atoms with Gasteiger partial charge in [0.15, 0.2) is 11.7 Å². The van der Waals surface area contributed by atoms with E-state index in [4.69, 9.17) is 21.7 Å². The van der Waals surface area contributed by atoms with Crippen LogP contribution < -0.4 is 17.2 Å². The second-order valence-electron chi connectivity index (χ2n) is 2.19. The van der Waals surface area contributed by atoms with Gasteiger partial charge in [0.2, 0.25) is 5.96 Å². The van der Waals surface area contributed by atoms with Crippen LogP contribution in [0.4, 0.5) is 0 Å². The lowest BCUT2D eigenvalue weighted by molar-refractivity contribution is 0.385. The van der Waals surface area contributed by atoms with E-state index in [2.05, 4.69) is 15.1 Å². The molecule has 1 aromatic rings. The van der Waals surface area contributed by atoms with Crippen molar-refractivity contribution in [1.82, 2.24) is 5.16 Å². The minimum atomic E-state index is -0.126. The summed E-state index contributed by atoms with van der Waals surface area (Å²) < 4.78 is 4.77. The SMILES string of the molecule is NC(N)=NC(N)=NCc1ccno1. The maximum atomic E-state index is 5.33. The van der Waals surface area contributed by atoms with E-state index in [1.165, 1.54) is 6.20 Å². The molecule has 13 heavy (non-hydrogen) atoms. The lowest BCUT2D eigenvalue weighted by atomic mass is 10.5. The molecular weight excluding hydrogens is 172 g/mol. The Balaban J connectivity index is 2.53. The van der Waals surface area contributed by atoms with E-state index in [9.17, 15) is 0 Å². The van der Waals surface area contributed by atoms with Gasteiger partial charge < -0.3 is 21.7 Å². The Kier molecular flexibility index (Phi) is 2.85. The summed E-state index contributed by atoms with van der Waals surface area (Å²) in [6.45, 7) is 0.266. The maximum absolute atomic E-state index is 5.33. The lowest BCUT2D eigenvalue weighted by Gasteiger charge is -1.92. The molecule has 0 saturated carbocycles. The number of rotatable bonds is 2. The largest absolute Gasteiger partial charge is 0.370 e. The van der Waals surface area contributed by atoms with Crippen molar-refractivity contribution >= 4 is 11.9 Å². The highest BCUT2D eigenvalue weighted by molar-refractivity contribution is 5.92. The zero-order valence-electron chi connectivity index (χ0n) is 6.84. The molecule has 1 rings (SSSR count). The molecule has 0 aliphatic carbocycles. The summed E-state index contributed by atoms with van der Waals surface area (Å²) in [6, 6.07) is 1.67. The molecule has 0 fully saturated rings. The molecule has 6 N–H and O–H groups in total. The van der Waals surface area contributed by atoms with Crippen molar-refractivity contribution in [2.45, 2.75) is 6.54 Å². The molecule has 70 valence electrons. The molecule has 0 unspecified atom stereocenters. The molecule has 0 amide bonds. The van der Waals surface area contributed by atoms with Crippen molar-refractivity contribution in [3.63, 3.8) is 0 Å². The Morgan fingerprint density at radius 3 is 2.77 bits per heavy atom. The average molecular weight is 182 g/mol. The normalized spacial score (nSPS) is 11.2. The van der Waals surface area contributed by atoms with Crippen LogP contribution in [0, 0.1) is 0 Å². The Morgan fingerprint density at radius 2 is 2.23 bits per heavy atom. The van der Waals surface area contributed by atoms with Crippen LogP contribution in [0.15, 0.2) is 26.8 Å². The predicted octanol–water partition coefficient (Wildman–Crippen LogP) is -1.24. The summed E-state index contributed by atoms with van der Waals surface area (Å²) in [7, 11) is 0. The van der Waals surface area contributed by atoms with Gasteiger partial charge in [-0.15, -0.1) is 0 Å². The van der Waals surface area contributed by atoms with Crippen molar-refractivity contribution in [2.75, 3.05) is 0 Å². The Labute approximate surface area is 74.3 Å². The first-order valence-electron chi connectivity index (χ1n) is 3.47. The molecule has 0 aromatic carbocycles. The van der Waals surface area contributed by atoms with E-state index in [1.54, 1.807) is 6.07 Å². The van der Waals surface area contributed by atoms with Gasteiger partial charge in [0.05, 0.1) is 6.20 Å². The first-order chi connectivity index (χ1) is 6.18. The Bertz CT molecular complexity index is 310. The molecule has 7 heteroatoms. The number of aromatic nitrogens is 1. The molecule has 7 nitrogen and oxygen atoms in total. The van der Waals surface area contributed by atoms with Gasteiger partial charge in [-0.05, 0) is 0 Å². The first-order valence-corrected chi connectivity index (χ1v) is 3.47. The topological polar surface area (TPSA) is 129 Å². The van der Waals surface area contributed by atoms with Crippen LogP contribution in [0.2, 0.25) is 0 Å². The standard InChI is InChI=1S/C6H10N6O/c7-5(8)12-6(9)10-3-4-1-2-11-13-4/h1-2H,3H2,(H6,7,8,9,10,12). The summed E-state index contributed by atoms with van der Waals surface area (Å²) in [6.07, 6.45) is 1.52. The van der Waals surface area contributed by atoms with Crippen LogP contribution in [0.25, 0.3) is 0 Å². The molecule has 1 heterocycles. The minimum absolute atomic E-state index is 0.0106. The minimum Gasteiger partial charge on any atom is -0.370 e. The third kappa shape index (κ3) is 3.23. The lowest BCUT2D eigenvalue weighted by Crippen LogP contribution is -2.26. The second-order valence-corrected chi connectivity index (χ2v) is 2.19. The Hall–Kier alpha value is -2.05. The molecule has 0 spiro atoms. The van der Waals surface area contributed by atoms with Crippen molar-refractivity contribution in [1.29, 1.82) is 0 Å². The second kappa shape index (κ2) is 4.10. The molecule has 0 aliphatic rings. The maximum Gasteiger partial charge on any atom is 0.218 e. The Morgan fingerprint density at radius 1 is 1.46 bits per heavy atom. The van der Waals surface area contributed by atoms with Crippen LogP contribution in [-0.4, -0.2) is 17.1 Å². The zero-order chi connectivity index (χ0) is 9.68. The quantitative estimate of drug-likeness (QED) is 0.389. The molecule has 0 aliphatic heterocycles. The van der Waals surface area contributed by atoms with Gasteiger partial charge in [0.25, 0.3) is 0 Å². The van der Waals surface area contributed by atoms with Gasteiger partial charge in [0, 0.05) is 6.07 Å². The van der Waals surface area contributed by atoms with Crippen molar-refractivity contribution in [2.24, 2.45) is 27.2 Å². The first kappa shape index (κ1) is 9.04. The van der Waals surface area contributed by atoms with Gasteiger partial charge in [-0.1, -0.05) is 5.16 Å². The van der Waals surface area contributed by atoms with Crippen LogP contribution in [0.5, 0.6) is 0 Å². The molecule has 0 radical (unpaired) electrons. The van der Waals surface area contributed by atoms with Gasteiger partial charge in [-0.3, -0.25) is 0 Å². The van der Waals surface area contributed by atoms with Crippen molar-refractivity contribution in [3.8, 4) is 0 Å². The fourth-order valence-corrected chi connectivity index (χ4v) is 0.650. The monoisotopic (exact) mass is 182 g/mol. The van der Waals surface area contributed by atoms with Crippen LogP contribution in [0.3, 0.4) is 0 Å². The van der Waals surface area contributed by atoms with Gasteiger partial charge in [0.1, 0.15) is 6.54 Å². The smallest absolute Gasteiger partial charge is 0.218 e. The predicted molar refractivity (Wildman–Crippen MR) is 47.6 cm³/mol. The van der Waals surface area contributed by atoms with Crippen LogP contribution >= 0.6 is 0 Å². The van der Waals surface area contributed by atoms with E-state index < -0.39 is 0 Å². The van der Waals surface area contributed by atoms with E-state index >= 15 is 0 Å². The number of hydrogen-bond donors (Lipinski definition) is 3. The van der Waals surface area contributed by atoms with E-state index in [0.29, 0.717) is 5.76 Å². The summed E-state index contributed by atoms with van der Waals surface area (Å²) in [5, 5.41) is 3.49. The number of aliphatic imine (C=N–C) groups is 2. The molecule has 0 atom stereocenters. The third-order valence-electron chi connectivity index (χ3n) is 1.13.